The van der Waals surface area contributed by atoms with Crippen molar-refractivity contribution in [3.8, 4) is 0 Å². The summed E-state index contributed by atoms with van der Waals surface area (Å²) in [5, 5.41) is 4.99. The Balaban J connectivity index is 1.84. The van der Waals surface area contributed by atoms with Crippen molar-refractivity contribution in [1.82, 2.24) is 10.6 Å². The summed E-state index contributed by atoms with van der Waals surface area (Å²) in [6, 6.07) is 8.04. The van der Waals surface area contributed by atoms with Gasteiger partial charge in [-0.2, -0.15) is 4.39 Å². The van der Waals surface area contributed by atoms with Crippen LogP contribution < -0.4 is 15.5 Å². The Morgan fingerprint density at radius 2 is 1.85 bits per heavy atom. The number of ether oxygens (including phenoxy) is 1. The molecule has 2 atom stereocenters. The van der Waals surface area contributed by atoms with Crippen LogP contribution in [0.1, 0.15) is 43.8 Å². The molecule has 2 heterocycles. The molecule has 8 nitrogen and oxygen atoms in total. The van der Waals surface area contributed by atoms with Gasteiger partial charge in [-0.1, -0.05) is 47.5 Å². The molecule has 1 saturated heterocycles. The molecular formula is C23H20Cl2FN3O5. The minimum Gasteiger partial charge on any atom is -0.426 e. The fourth-order valence-corrected chi connectivity index (χ4v) is 4.19. The average Bonchev–Trinajstić information content (AvgIpc) is 3.18. The Bertz CT molecular complexity index is 1250. The van der Waals surface area contributed by atoms with Crippen LogP contribution in [0.15, 0.2) is 36.4 Å². The van der Waals surface area contributed by atoms with E-state index in [1.807, 2.05) is 0 Å². The molecule has 0 saturated carbocycles. The van der Waals surface area contributed by atoms with Crippen molar-refractivity contribution >= 4 is 52.7 Å². The van der Waals surface area contributed by atoms with Gasteiger partial charge in [-0.15, -0.1) is 0 Å². The third kappa shape index (κ3) is 3.78. The highest BCUT2D eigenvalue weighted by Crippen LogP contribution is 2.47. The quantitative estimate of drug-likeness (QED) is 0.367. The van der Waals surface area contributed by atoms with Crippen molar-refractivity contribution in [2.24, 2.45) is 5.41 Å². The van der Waals surface area contributed by atoms with Gasteiger partial charge in [0.25, 0.3) is 18.2 Å². The number of fused-ring (bicyclic) bond motifs is 2. The number of carbonyl (C=O) groups excluding carboxylic acids is 4. The fraction of sp³-hybridized carbons (Fsp3) is 0.304. The lowest BCUT2D eigenvalue weighted by atomic mass is 9.90. The third-order valence-electron chi connectivity index (χ3n) is 5.57. The highest BCUT2D eigenvalue weighted by molar-refractivity contribution is 6.42. The van der Waals surface area contributed by atoms with Gasteiger partial charge in [-0.05, 0) is 38.5 Å². The van der Waals surface area contributed by atoms with Crippen molar-refractivity contribution in [2.45, 2.75) is 39.2 Å². The van der Waals surface area contributed by atoms with Crippen LogP contribution in [-0.4, -0.2) is 23.8 Å². The van der Waals surface area contributed by atoms with Crippen LogP contribution in [0.4, 0.5) is 14.9 Å². The number of rotatable bonds is 4. The van der Waals surface area contributed by atoms with E-state index >= 15 is 4.39 Å². The molecule has 11 heteroatoms. The number of benzene rings is 2. The van der Waals surface area contributed by atoms with Crippen molar-refractivity contribution < 1.29 is 28.3 Å². The SMILES string of the molecule is CC(C)(C)C(=O)OC(F)c1cccc2c1N(Cc1ccc(Cl)c(Cl)c1)C(=O)C21NC(=O)NC1=O. The molecule has 4 rings (SSSR count). The van der Waals surface area contributed by atoms with Crippen LogP contribution in [0.3, 0.4) is 0 Å². The van der Waals surface area contributed by atoms with Crippen LogP contribution in [-0.2, 0) is 31.2 Å². The van der Waals surface area contributed by atoms with Crippen LogP contribution in [0.25, 0.3) is 0 Å². The predicted octanol–water partition coefficient (Wildman–Crippen LogP) is 4.13. The monoisotopic (exact) mass is 507 g/mol. The Morgan fingerprint density at radius 3 is 2.44 bits per heavy atom. The van der Waals surface area contributed by atoms with E-state index in [1.165, 1.54) is 30.3 Å². The number of nitrogens with one attached hydrogen (secondary N) is 2. The number of anilines is 1. The van der Waals surface area contributed by atoms with Crippen molar-refractivity contribution in [2.75, 3.05) is 4.90 Å². The first kappa shape index (κ1) is 24.0. The number of urea groups is 1. The molecule has 4 amide bonds. The maximum absolute atomic E-state index is 15.4. The van der Waals surface area contributed by atoms with Crippen LogP contribution >= 0.6 is 23.2 Å². The topological polar surface area (TPSA) is 105 Å². The van der Waals surface area contributed by atoms with Gasteiger partial charge in [-0.3, -0.25) is 19.7 Å². The summed E-state index contributed by atoms with van der Waals surface area (Å²) < 4.78 is 20.4. The predicted molar refractivity (Wildman–Crippen MR) is 122 cm³/mol. The second-order valence-electron chi connectivity index (χ2n) is 9.01. The lowest BCUT2D eigenvalue weighted by Gasteiger charge is -2.24. The number of esters is 1. The second kappa shape index (κ2) is 8.25. The summed E-state index contributed by atoms with van der Waals surface area (Å²) in [7, 11) is 0. The molecule has 0 aromatic heterocycles. The average molecular weight is 508 g/mol. The molecule has 2 aliphatic rings. The highest BCUT2D eigenvalue weighted by atomic mass is 35.5. The third-order valence-corrected chi connectivity index (χ3v) is 6.31. The lowest BCUT2D eigenvalue weighted by Crippen LogP contribution is -2.52. The van der Waals surface area contributed by atoms with Gasteiger partial charge in [0.05, 0.1) is 27.7 Å². The van der Waals surface area contributed by atoms with E-state index in [1.54, 1.807) is 26.8 Å². The minimum absolute atomic E-state index is 0.0186. The van der Waals surface area contributed by atoms with Gasteiger partial charge in [0.15, 0.2) is 0 Å². The van der Waals surface area contributed by atoms with E-state index in [0.29, 0.717) is 10.6 Å². The molecule has 178 valence electrons. The summed E-state index contributed by atoms with van der Waals surface area (Å²) in [6.07, 6.45) is -2.24. The molecule has 2 N–H and O–H groups in total. The number of imide groups is 1. The lowest BCUT2D eigenvalue weighted by molar-refractivity contribution is -0.168. The van der Waals surface area contributed by atoms with Gasteiger partial charge >= 0.3 is 12.0 Å². The van der Waals surface area contributed by atoms with Gasteiger partial charge in [0.1, 0.15) is 0 Å². The van der Waals surface area contributed by atoms with E-state index in [9.17, 15) is 19.2 Å². The summed E-state index contributed by atoms with van der Waals surface area (Å²) in [4.78, 5) is 51.9. The first-order valence-corrected chi connectivity index (χ1v) is 11.0. The number of alkyl halides is 1. The number of para-hydroxylation sites is 1. The Labute approximate surface area is 204 Å². The Kier molecular flexibility index (Phi) is 5.81. The summed E-state index contributed by atoms with van der Waals surface area (Å²) in [5.74, 6) is -2.47. The zero-order valence-corrected chi connectivity index (χ0v) is 19.9. The fourth-order valence-electron chi connectivity index (χ4n) is 3.87. The molecule has 34 heavy (non-hydrogen) atoms. The van der Waals surface area contributed by atoms with Crippen molar-refractivity contribution in [3.05, 3.63) is 63.1 Å². The van der Waals surface area contributed by atoms with E-state index in [-0.39, 0.29) is 28.4 Å². The second-order valence-corrected chi connectivity index (χ2v) is 9.83. The number of nitrogens with zero attached hydrogens (tertiary/aromatic N) is 1. The number of carbonyl (C=O) groups is 4. The standard InChI is InChI=1S/C23H20Cl2FN3O5/c1-22(2,3)20(32)34-17(26)12-5-4-6-13-16(12)29(10-11-7-8-14(24)15(25)9-11)19(31)23(13)18(30)27-21(33)28-23/h4-9,17H,10H2,1-3H3,(H2,27,28,30,33). The summed E-state index contributed by atoms with van der Waals surface area (Å²) in [6.45, 7) is 4.60. The zero-order valence-electron chi connectivity index (χ0n) is 18.4. The first-order valence-electron chi connectivity index (χ1n) is 10.2. The molecule has 1 fully saturated rings. The van der Waals surface area contributed by atoms with Gasteiger partial charge < -0.3 is 15.0 Å². The first-order chi connectivity index (χ1) is 15.9. The molecule has 2 unspecified atom stereocenters. The Morgan fingerprint density at radius 1 is 1.15 bits per heavy atom. The number of hydrogen-bond acceptors (Lipinski definition) is 5. The van der Waals surface area contributed by atoms with E-state index < -0.39 is 41.1 Å². The zero-order chi connectivity index (χ0) is 25.0. The normalized spacial score (nSPS) is 20.3. The highest BCUT2D eigenvalue weighted by Gasteiger charge is 2.62. The van der Waals surface area contributed by atoms with E-state index in [0.717, 1.165) is 4.90 Å². The van der Waals surface area contributed by atoms with E-state index in [2.05, 4.69) is 10.6 Å². The van der Waals surface area contributed by atoms with Gasteiger partial charge in [0, 0.05) is 11.1 Å². The molecule has 0 aliphatic carbocycles. The largest absolute Gasteiger partial charge is 0.426 e. The smallest absolute Gasteiger partial charge is 0.323 e. The molecule has 2 aromatic rings. The molecular weight excluding hydrogens is 488 g/mol. The molecule has 0 radical (unpaired) electrons. The molecule has 1 spiro atoms. The van der Waals surface area contributed by atoms with Gasteiger partial charge in [-0.25, -0.2) is 4.79 Å². The van der Waals surface area contributed by atoms with Gasteiger partial charge in [0.2, 0.25) is 5.54 Å². The maximum Gasteiger partial charge on any atom is 0.323 e. The number of hydrogen-bond donors (Lipinski definition) is 2. The molecule has 0 bridgehead atoms. The van der Waals surface area contributed by atoms with Crippen LogP contribution in [0.2, 0.25) is 10.0 Å². The summed E-state index contributed by atoms with van der Waals surface area (Å²) in [5.41, 5.74) is -2.58. The number of amides is 4. The van der Waals surface area contributed by atoms with E-state index in [4.69, 9.17) is 27.9 Å². The van der Waals surface area contributed by atoms with Crippen LogP contribution in [0, 0.1) is 5.41 Å². The minimum atomic E-state index is -2.24. The number of halogens is 3. The van der Waals surface area contributed by atoms with Crippen LogP contribution in [0.5, 0.6) is 0 Å². The summed E-state index contributed by atoms with van der Waals surface area (Å²) >= 11 is 12.1. The Hall–Kier alpha value is -3.17. The van der Waals surface area contributed by atoms with Crippen molar-refractivity contribution in [3.63, 3.8) is 0 Å². The maximum atomic E-state index is 15.4. The van der Waals surface area contributed by atoms with Crippen molar-refractivity contribution in [1.29, 1.82) is 0 Å². The molecule has 2 aromatic carbocycles. The molecule has 2 aliphatic heterocycles.